The van der Waals surface area contributed by atoms with Crippen LogP contribution in [0.1, 0.15) is 40.2 Å². The van der Waals surface area contributed by atoms with E-state index in [-0.39, 0.29) is 30.1 Å². The number of likely N-dealkylation sites (tertiary alicyclic amines) is 1. The quantitative estimate of drug-likeness (QED) is 0.377. The summed E-state index contributed by atoms with van der Waals surface area (Å²) in [5.41, 5.74) is 1.21. The number of benzene rings is 1. The maximum absolute atomic E-state index is 5.68. The van der Waals surface area contributed by atoms with Crippen molar-refractivity contribution in [2.45, 2.75) is 59.4 Å². The number of rotatable bonds is 6. The summed E-state index contributed by atoms with van der Waals surface area (Å²) >= 11 is 0. The van der Waals surface area contributed by atoms with Crippen LogP contribution in [0.3, 0.4) is 0 Å². The number of aliphatic imine (C=N–C) groups is 1. The first kappa shape index (κ1) is 23.0. The molecule has 1 aliphatic heterocycles. The Morgan fingerprint density at radius 2 is 1.85 bits per heavy atom. The highest BCUT2D eigenvalue weighted by Gasteiger charge is 2.31. The molecule has 0 aromatic heterocycles. The summed E-state index contributed by atoms with van der Waals surface area (Å²) in [6.45, 7) is 13.9. The molecule has 1 aromatic carbocycles. The van der Waals surface area contributed by atoms with Crippen molar-refractivity contribution in [3.8, 4) is 5.75 Å². The SMILES string of the molecule is CN=C(NCc1ccc(OC(C)C)cc1)NC1CN(C(C)C)CC1C.I. The number of ether oxygens (including phenoxy) is 1. The molecule has 1 aliphatic rings. The van der Waals surface area contributed by atoms with Gasteiger partial charge in [0.15, 0.2) is 5.96 Å². The van der Waals surface area contributed by atoms with Gasteiger partial charge in [0.05, 0.1) is 6.10 Å². The van der Waals surface area contributed by atoms with E-state index in [0.29, 0.717) is 18.0 Å². The third-order valence-electron chi connectivity index (χ3n) is 4.67. The monoisotopic (exact) mass is 474 g/mol. The van der Waals surface area contributed by atoms with Crippen LogP contribution < -0.4 is 15.4 Å². The van der Waals surface area contributed by atoms with Gasteiger partial charge >= 0.3 is 0 Å². The molecular weight excluding hydrogens is 439 g/mol. The van der Waals surface area contributed by atoms with Gasteiger partial charge in [-0.3, -0.25) is 9.89 Å². The van der Waals surface area contributed by atoms with Crippen molar-refractivity contribution in [3.05, 3.63) is 29.8 Å². The number of guanidine groups is 1. The largest absolute Gasteiger partial charge is 0.491 e. The minimum Gasteiger partial charge on any atom is -0.491 e. The van der Waals surface area contributed by atoms with Crippen molar-refractivity contribution in [2.24, 2.45) is 10.9 Å². The fourth-order valence-corrected chi connectivity index (χ4v) is 3.13. The number of hydrogen-bond donors (Lipinski definition) is 2. The Labute approximate surface area is 176 Å². The smallest absolute Gasteiger partial charge is 0.191 e. The van der Waals surface area contributed by atoms with E-state index in [1.165, 1.54) is 5.56 Å². The second kappa shape index (κ2) is 11.0. The van der Waals surface area contributed by atoms with E-state index >= 15 is 0 Å². The highest BCUT2D eigenvalue weighted by atomic mass is 127. The molecule has 148 valence electrons. The summed E-state index contributed by atoms with van der Waals surface area (Å²) in [5, 5.41) is 7.00. The average molecular weight is 474 g/mol. The van der Waals surface area contributed by atoms with Gasteiger partial charge in [0.1, 0.15) is 5.75 Å². The molecule has 2 atom stereocenters. The maximum atomic E-state index is 5.68. The first-order valence-electron chi connectivity index (χ1n) is 9.36. The van der Waals surface area contributed by atoms with Crippen molar-refractivity contribution in [2.75, 3.05) is 20.1 Å². The lowest BCUT2D eigenvalue weighted by Crippen LogP contribution is -2.46. The van der Waals surface area contributed by atoms with Crippen LogP contribution in [-0.4, -0.2) is 49.2 Å². The molecule has 0 amide bonds. The summed E-state index contributed by atoms with van der Waals surface area (Å²) in [5.74, 6) is 2.40. The molecule has 1 saturated heterocycles. The molecule has 2 unspecified atom stereocenters. The first-order chi connectivity index (χ1) is 11.9. The summed E-state index contributed by atoms with van der Waals surface area (Å²) in [4.78, 5) is 6.90. The molecule has 0 spiro atoms. The highest BCUT2D eigenvalue weighted by Crippen LogP contribution is 2.18. The first-order valence-corrected chi connectivity index (χ1v) is 9.36. The zero-order valence-electron chi connectivity index (χ0n) is 17.0. The van der Waals surface area contributed by atoms with Crippen LogP contribution in [0.5, 0.6) is 5.75 Å². The fraction of sp³-hybridized carbons (Fsp3) is 0.650. The molecule has 0 saturated carbocycles. The Morgan fingerprint density at radius 3 is 2.35 bits per heavy atom. The third kappa shape index (κ3) is 6.95. The molecule has 2 rings (SSSR count). The zero-order valence-corrected chi connectivity index (χ0v) is 19.3. The Balaban J connectivity index is 0.00000338. The van der Waals surface area contributed by atoms with E-state index in [0.717, 1.165) is 31.3 Å². The third-order valence-corrected chi connectivity index (χ3v) is 4.67. The Hall–Kier alpha value is -1.02. The number of hydrogen-bond acceptors (Lipinski definition) is 3. The number of halogens is 1. The summed E-state index contributed by atoms with van der Waals surface area (Å²) in [6, 6.07) is 9.26. The van der Waals surface area contributed by atoms with Crippen molar-refractivity contribution in [3.63, 3.8) is 0 Å². The van der Waals surface area contributed by atoms with Crippen LogP contribution in [0, 0.1) is 5.92 Å². The predicted molar refractivity (Wildman–Crippen MR) is 121 cm³/mol. The topological polar surface area (TPSA) is 48.9 Å². The summed E-state index contributed by atoms with van der Waals surface area (Å²) in [7, 11) is 1.83. The molecular formula is C20H35IN4O. The van der Waals surface area contributed by atoms with Crippen LogP contribution >= 0.6 is 24.0 Å². The lowest BCUT2D eigenvalue weighted by Gasteiger charge is -2.22. The van der Waals surface area contributed by atoms with E-state index in [9.17, 15) is 0 Å². The number of nitrogens with zero attached hydrogens (tertiary/aromatic N) is 2. The van der Waals surface area contributed by atoms with Gasteiger partial charge in [-0.15, -0.1) is 24.0 Å². The normalized spacial score (nSPS) is 21.0. The molecule has 6 heteroatoms. The second-order valence-electron chi connectivity index (χ2n) is 7.51. The molecule has 5 nitrogen and oxygen atoms in total. The fourth-order valence-electron chi connectivity index (χ4n) is 3.13. The van der Waals surface area contributed by atoms with Crippen LogP contribution in [0.2, 0.25) is 0 Å². The minimum atomic E-state index is 0. The maximum Gasteiger partial charge on any atom is 0.191 e. The summed E-state index contributed by atoms with van der Waals surface area (Å²) in [6.07, 6.45) is 0.200. The molecule has 0 radical (unpaired) electrons. The van der Waals surface area contributed by atoms with Crippen molar-refractivity contribution < 1.29 is 4.74 Å². The molecule has 0 aliphatic carbocycles. The van der Waals surface area contributed by atoms with Crippen LogP contribution in [-0.2, 0) is 6.54 Å². The standard InChI is InChI=1S/C20H34N4O.HI/c1-14(2)24-12-16(5)19(13-24)23-20(21-6)22-11-17-7-9-18(10-8-17)25-15(3)4;/h7-10,14-16,19H,11-13H2,1-6H3,(H2,21,22,23);1H. The molecule has 1 aromatic rings. The summed E-state index contributed by atoms with van der Waals surface area (Å²) < 4.78 is 5.68. The Bertz CT molecular complexity index is 559. The van der Waals surface area contributed by atoms with Crippen molar-refractivity contribution in [1.82, 2.24) is 15.5 Å². The lowest BCUT2D eigenvalue weighted by molar-refractivity contribution is 0.242. The van der Waals surface area contributed by atoms with Gasteiger partial charge in [0.25, 0.3) is 0 Å². The van der Waals surface area contributed by atoms with Crippen LogP contribution in [0.4, 0.5) is 0 Å². The van der Waals surface area contributed by atoms with Gasteiger partial charge in [-0.2, -0.15) is 0 Å². The van der Waals surface area contributed by atoms with E-state index in [1.54, 1.807) is 0 Å². The zero-order chi connectivity index (χ0) is 18.4. The molecule has 1 fully saturated rings. The van der Waals surface area contributed by atoms with E-state index in [2.05, 4.69) is 53.4 Å². The highest BCUT2D eigenvalue weighted by molar-refractivity contribution is 14.0. The molecule has 1 heterocycles. The number of nitrogens with one attached hydrogen (secondary N) is 2. The van der Waals surface area contributed by atoms with E-state index in [1.807, 2.05) is 33.0 Å². The van der Waals surface area contributed by atoms with Crippen molar-refractivity contribution in [1.29, 1.82) is 0 Å². The van der Waals surface area contributed by atoms with Gasteiger partial charge in [-0.05, 0) is 51.3 Å². The van der Waals surface area contributed by atoms with Crippen LogP contribution in [0.25, 0.3) is 0 Å². The van der Waals surface area contributed by atoms with E-state index < -0.39 is 0 Å². The van der Waals surface area contributed by atoms with E-state index in [4.69, 9.17) is 4.74 Å². The van der Waals surface area contributed by atoms with Gasteiger partial charge < -0.3 is 15.4 Å². The Kier molecular flexibility index (Phi) is 9.71. The van der Waals surface area contributed by atoms with Crippen molar-refractivity contribution >= 4 is 29.9 Å². The minimum absolute atomic E-state index is 0. The lowest BCUT2D eigenvalue weighted by atomic mass is 10.1. The average Bonchev–Trinajstić information content (AvgIpc) is 2.93. The van der Waals surface area contributed by atoms with Gasteiger partial charge in [0, 0.05) is 38.8 Å². The second-order valence-corrected chi connectivity index (χ2v) is 7.51. The predicted octanol–water partition coefficient (Wildman–Crippen LogP) is 3.49. The van der Waals surface area contributed by atoms with Gasteiger partial charge in [-0.25, -0.2) is 0 Å². The Morgan fingerprint density at radius 1 is 1.19 bits per heavy atom. The van der Waals surface area contributed by atoms with Crippen LogP contribution in [0.15, 0.2) is 29.3 Å². The molecule has 26 heavy (non-hydrogen) atoms. The van der Waals surface area contributed by atoms with Gasteiger partial charge in [-0.1, -0.05) is 19.1 Å². The molecule has 0 bridgehead atoms. The molecule has 2 N–H and O–H groups in total. The van der Waals surface area contributed by atoms with Gasteiger partial charge in [0.2, 0.25) is 0 Å².